The van der Waals surface area contributed by atoms with Gasteiger partial charge in [-0.25, -0.2) is 12.7 Å². The topological polar surface area (TPSA) is 86.7 Å². The fourth-order valence-electron chi connectivity index (χ4n) is 2.92. The Morgan fingerprint density at radius 2 is 2.04 bits per heavy atom. The molecule has 0 unspecified atom stereocenters. The molecule has 1 saturated heterocycles. The zero-order valence-corrected chi connectivity index (χ0v) is 16.8. The lowest BCUT2D eigenvalue weighted by molar-refractivity contribution is 0.306. The molecule has 146 valence electrons. The van der Waals surface area contributed by atoms with Gasteiger partial charge in [0, 0.05) is 44.1 Å². The Hall–Kier alpha value is -1.67. The van der Waals surface area contributed by atoms with E-state index in [0.29, 0.717) is 19.6 Å². The van der Waals surface area contributed by atoms with Gasteiger partial charge in [-0.1, -0.05) is 6.07 Å². The number of aliphatic imine (C=N–C) groups is 1. The van der Waals surface area contributed by atoms with Crippen LogP contribution in [0.3, 0.4) is 0 Å². The molecule has 2 N–H and O–H groups in total. The lowest BCUT2D eigenvalue weighted by atomic mass is 10.1. The van der Waals surface area contributed by atoms with Crippen molar-refractivity contribution in [1.82, 2.24) is 19.9 Å². The summed E-state index contributed by atoms with van der Waals surface area (Å²) in [6.07, 6.45) is 4.34. The number of aryl methyl sites for hydroxylation is 1. The quantitative estimate of drug-likeness (QED) is 0.549. The highest BCUT2D eigenvalue weighted by Gasteiger charge is 2.26. The van der Waals surface area contributed by atoms with Gasteiger partial charge >= 0.3 is 0 Å². The Labute approximate surface area is 157 Å². The summed E-state index contributed by atoms with van der Waals surface area (Å²) < 4.78 is 25.5. The molecule has 2 rings (SSSR count). The van der Waals surface area contributed by atoms with Crippen LogP contribution in [0.15, 0.2) is 23.3 Å². The monoisotopic (exact) mass is 381 g/mol. The van der Waals surface area contributed by atoms with Crippen LogP contribution in [-0.4, -0.2) is 61.6 Å². The van der Waals surface area contributed by atoms with Crippen molar-refractivity contribution in [3.05, 3.63) is 29.6 Å². The number of rotatable bonds is 7. The van der Waals surface area contributed by atoms with Gasteiger partial charge in [0.1, 0.15) is 0 Å². The molecular formula is C18H31N5O2S. The summed E-state index contributed by atoms with van der Waals surface area (Å²) in [5.74, 6) is 0.965. The summed E-state index contributed by atoms with van der Waals surface area (Å²) in [6, 6.07) is 4.35. The molecule has 0 amide bonds. The second-order valence-electron chi connectivity index (χ2n) is 6.54. The largest absolute Gasteiger partial charge is 0.357 e. The van der Waals surface area contributed by atoms with E-state index < -0.39 is 10.0 Å². The van der Waals surface area contributed by atoms with E-state index in [1.165, 1.54) is 5.56 Å². The summed E-state index contributed by atoms with van der Waals surface area (Å²) in [5.41, 5.74) is 2.19. The normalized spacial score (nSPS) is 17.3. The summed E-state index contributed by atoms with van der Waals surface area (Å²) in [7, 11) is -3.08. The van der Waals surface area contributed by atoms with Crippen LogP contribution in [0.4, 0.5) is 0 Å². The van der Waals surface area contributed by atoms with Crippen molar-refractivity contribution in [2.24, 2.45) is 4.99 Å². The van der Waals surface area contributed by atoms with Crippen molar-refractivity contribution < 1.29 is 8.42 Å². The van der Waals surface area contributed by atoms with Gasteiger partial charge in [-0.15, -0.1) is 0 Å². The summed E-state index contributed by atoms with van der Waals surface area (Å²) in [4.78, 5) is 8.95. The molecule has 1 aliphatic heterocycles. The predicted molar refractivity (Wildman–Crippen MR) is 106 cm³/mol. The maximum atomic E-state index is 11.9. The minimum absolute atomic E-state index is 0.170. The number of piperidine rings is 1. The van der Waals surface area contributed by atoms with E-state index in [-0.39, 0.29) is 11.8 Å². The highest BCUT2D eigenvalue weighted by atomic mass is 32.2. The van der Waals surface area contributed by atoms with Gasteiger partial charge in [-0.2, -0.15) is 0 Å². The number of guanidine groups is 1. The summed E-state index contributed by atoms with van der Waals surface area (Å²) in [5, 5.41) is 6.71. The number of pyridine rings is 1. The second-order valence-corrected chi connectivity index (χ2v) is 8.79. The van der Waals surface area contributed by atoms with E-state index >= 15 is 0 Å². The van der Waals surface area contributed by atoms with Crippen molar-refractivity contribution in [3.8, 4) is 0 Å². The molecule has 8 heteroatoms. The number of sulfonamides is 1. The number of hydrogen-bond donors (Lipinski definition) is 2. The lowest BCUT2D eigenvalue weighted by Gasteiger charge is -2.32. The molecule has 1 aliphatic rings. The molecule has 7 nitrogen and oxygen atoms in total. The van der Waals surface area contributed by atoms with Crippen LogP contribution >= 0.6 is 0 Å². The molecule has 0 aliphatic carbocycles. The number of nitrogens with one attached hydrogen (secondary N) is 2. The van der Waals surface area contributed by atoms with Gasteiger partial charge in [0.15, 0.2) is 5.96 Å². The Bertz CT molecular complexity index is 680. The standard InChI is InChI=1S/C18H31N5O2S/c1-4-19-18(20-11-8-16-7-6-15(3)21-14-16)22-17-9-12-23(13-10-17)26(24,25)5-2/h6-7,14,17H,4-5,8-13H2,1-3H3,(H2,19,20,22). The van der Waals surface area contributed by atoms with E-state index in [1.807, 2.05) is 26.1 Å². The Morgan fingerprint density at radius 3 is 2.62 bits per heavy atom. The first-order valence-electron chi connectivity index (χ1n) is 9.38. The molecular weight excluding hydrogens is 350 g/mol. The van der Waals surface area contributed by atoms with Crippen molar-refractivity contribution in [2.45, 2.75) is 46.1 Å². The third kappa shape index (κ3) is 6.25. The van der Waals surface area contributed by atoms with E-state index in [1.54, 1.807) is 11.2 Å². The van der Waals surface area contributed by atoms with Gasteiger partial charge < -0.3 is 10.6 Å². The molecule has 0 aromatic carbocycles. The van der Waals surface area contributed by atoms with Crippen molar-refractivity contribution in [2.75, 3.05) is 31.9 Å². The van der Waals surface area contributed by atoms with Crippen LogP contribution in [0, 0.1) is 6.92 Å². The van der Waals surface area contributed by atoms with E-state index in [2.05, 4.69) is 26.7 Å². The van der Waals surface area contributed by atoms with Gasteiger partial charge in [0.2, 0.25) is 10.0 Å². The zero-order valence-electron chi connectivity index (χ0n) is 16.0. The highest BCUT2D eigenvalue weighted by molar-refractivity contribution is 7.89. The Balaban J connectivity index is 1.85. The molecule has 0 bridgehead atoms. The molecule has 1 aromatic heterocycles. The third-order valence-electron chi connectivity index (χ3n) is 4.54. The summed E-state index contributed by atoms with van der Waals surface area (Å²) >= 11 is 0. The van der Waals surface area contributed by atoms with Gasteiger partial charge in [-0.3, -0.25) is 9.98 Å². The Morgan fingerprint density at radius 1 is 1.31 bits per heavy atom. The molecule has 0 radical (unpaired) electrons. The van der Waals surface area contributed by atoms with Gasteiger partial charge in [0.05, 0.1) is 5.75 Å². The van der Waals surface area contributed by atoms with Crippen LogP contribution in [0.5, 0.6) is 0 Å². The van der Waals surface area contributed by atoms with E-state index in [0.717, 1.165) is 37.5 Å². The van der Waals surface area contributed by atoms with Gasteiger partial charge in [0.25, 0.3) is 0 Å². The SMILES string of the molecule is CCNC(=NCCc1ccc(C)nc1)NC1CCN(S(=O)(=O)CC)CC1. The fourth-order valence-corrected chi connectivity index (χ4v) is 4.05. The van der Waals surface area contributed by atoms with Crippen molar-refractivity contribution in [1.29, 1.82) is 0 Å². The minimum atomic E-state index is -3.08. The van der Waals surface area contributed by atoms with E-state index in [4.69, 9.17) is 0 Å². The maximum absolute atomic E-state index is 11.9. The highest BCUT2D eigenvalue weighted by Crippen LogP contribution is 2.14. The molecule has 26 heavy (non-hydrogen) atoms. The van der Waals surface area contributed by atoms with Crippen LogP contribution in [0.2, 0.25) is 0 Å². The van der Waals surface area contributed by atoms with Crippen LogP contribution in [0.25, 0.3) is 0 Å². The third-order valence-corrected chi connectivity index (χ3v) is 6.42. The number of hydrogen-bond acceptors (Lipinski definition) is 4. The van der Waals surface area contributed by atoms with Crippen molar-refractivity contribution >= 4 is 16.0 Å². The molecule has 1 aromatic rings. The van der Waals surface area contributed by atoms with E-state index in [9.17, 15) is 8.42 Å². The zero-order chi connectivity index (χ0) is 19.0. The average Bonchev–Trinajstić information content (AvgIpc) is 2.64. The molecule has 2 heterocycles. The van der Waals surface area contributed by atoms with Crippen LogP contribution < -0.4 is 10.6 Å². The predicted octanol–water partition coefficient (Wildman–Crippen LogP) is 1.30. The molecule has 1 fully saturated rings. The van der Waals surface area contributed by atoms with Crippen LogP contribution in [0.1, 0.15) is 37.9 Å². The summed E-state index contributed by atoms with van der Waals surface area (Å²) in [6.45, 7) is 8.33. The lowest BCUT2D eigenvalue weighted by Crippen LogP contribution is -2.50. The molecule has 0 spiro atoms. The first-order valence-corrected chi connectivity index (χ1v) is 11.0. The number of nitrogens with zero attached hydrogens (tertiary/aromatic N) is 3. The molecule has 0 atom stereocenters. The second kappa shape index (κ2) is 9.87. The van der Waals surface area contributed by atoms with Crippen molar-refractivity contribution in [3.63, 3.8) is 0 Å². The average molecular weight is 382 g/mol. The first kappa shape index (κ1) is 20.6. The fraction of sp³-hybridized carbons (Fsp3) is 0.667. The molecule has 0 saturated carbocycles. The van der Waals surface area contributed by atoms with Crippen LogP contribution in [-0.2, 0) is 16.4 Å². The maximum Gasteiger partial charge on any atom is 0.213 e. The minimum Gasteiger partial charge on any atom is -0.357 e. The number of aromatic nitrogens is 1. The Kier molecular flexibility index (Phi) is 7.84. The smallest absolute Gasteiger partial charge is 0.213 e. The first-order chi connectivity index (χ1) is 12.4. The van der Waals surface area contributed by atoms with Gasteiger partial charge in [-0.05, 0) is 51.7 Å².